The van der Waals surface area contributed by atoms with Gasteiger partial charge in [-0.1, -0.05) is 57.6 Å². The quantitative estimate of drug-likeness (QED) is 0.510. The van der Waals surface area contributed by atoms with Crippen LogP contribution in [0.1, 0.15) is 57.4 Å². The Morgan fingerprint density at radius 1 is 0.810 bits per heavy atom. The molecule has 0 aliphatic rings. The van der Waals surface area contributed by atoms with Crippen molar-refractivity contribution in [2.24, 2.45) is 0 Å². The Balaban J connectivity index is 1.90. The number of nitrogens with two attached hydrogens (primary N) is 2. The van der Waals surface area contributed by atoms with Gasteiger partial charge in [-0.25, -0.2) is 0 Å². The van der Waals surface area contributed by atoms with E-state index in [1.54, 1.807) is 0 Å². The van der Waals surface area contributed by atoms with E-state index in [9.17, 15) is 0 Å². The van der Waals surface area contributed by atoms with E-state index in [2.05, 4.69) is 25.1 Å². The lowest BCUT2D eigenvalue weighted by Gasteiger charge is -2.10. The first kappa shape index (κ1) is 15.7. The first-order chi connectivity index (χ1) is 10.2. The van der Waals surface area contributed by atoms with Crippen LogP contribution in [0.2, 0.25) is 0 Å². The second-order valence-electron chi connectivity index (χ2n) is 5.99. The Morgan fingerprint density at radius 3 is 2.29 bits per heavy atom. The van der Waals surface area contributed by atoms with Crippen molar-refractivity contribution >= 4 is 22.1 Å². The van der Waals surface area contributed by atoms with Gasteiger partial charge in [0.2, 0.25) is 0 Å². The Labute approximate surface area is 128 Å². The summed E-state index contributed by atoms with van der Waals surface area (Å²) >= 11 is 0. The summed E-state index contributed by atoms with van der Waals surface area (Å²) < 4.78 is 0. The normalized spacial score (nSPS) is 11.1. The van der Waals surface area contributed by atoms with E-state index < -0.39 is 0 Å². The molecule has 0 aliphatic heterocycles. The summed E-state index contributed by atoms with van der Waals surface area (Å²) in [5, 5.41) is 2.26. The number of hydrogen-bond acceptors (Lipinski definition) is 2. The van der Waals surface area contributed by atoms with E-state index in [4.69, 9.17) is 11.5 Å². The number of hydrogen-bond donors (Lipinski definition) is 2. The highest BCUT2D eigenvalue weighted by atomic mass is 14.6. The van der Waals surface area contributed by atoms with Gasteiger partial charge in [-0.2, -0.15) is 0 Å². The number of nitrogen functional groups attached to an aromatic ring is 2. The van der Waals surface area contributed by atoms with E-state index in [-0.39, 0.29) is 0 Å². The van der Waals surface area contributed by atoms with Crippen molar-refractivity contribution in [2.75, 3.05) is 11.5 Å². The van der Waals surface area contributed by atoms with Crippen molar-refractivity contribution in [1.29, 1.82) is 0 Å². The van der Waals surface area contributed by atoms with Gasteiger partial charge in [-0.05, 0) is 42.0 Å². The number of benzene rings is 2. The molecule has 0 atom stereocenters. The van der Waals surface area contributed by atoms with Gasteiger partial charge in [0.25, 0.3) is 0 Å². The van der Waals surface area contributed by atoms with Crippen LogP contribution >= 0.6 is 0 Å². The minimum atomic E-state index is 0.841. The van der Waals surface area contributed by atoms with Crippen LogP contribution in [0.25, 0.3) is 10.8 Å². The Hall–Kier alpha value is -1.70. The molecule has 0 spiro atoms. The minimum absolute atomic E-state index is 0.841. The first-order valence-electron chi connectivity index (χ1n) is 8.29. The van der Waals surface area contributed by atoms with Crippen molar-refractivity contribution < 1.29 is 0 Å². The molecule has 0 saturated carbocycles. The lowest BCUT2D eigenvalue weighted by atomic mass is 9.99. The molecular formula is C19H28N2. The largest absolute Gasteiger partial charge is 0.398 e. The Morgan fingerprint density at radius 2 is 1.52 bits per heavy atom. The summed E-state index contributed by atoms with van der Waals surface area (Å²) in [6, 6.07) is 10.2. The number of fused-ring (bicyclic) bond motifs is 1. The van der Waals surface area contributed by atoms with E-state index >= 15 is 0 Å². The van der Waals surface area contributed by atoms with Crippen LogP contribution in [-0.4, -0.2) is 0 Å². The Kier molecular flexibility index (Phi) is 5.91. The first-order valence-corrected chi connectivity index (χ1v) is 8.29. The van der Waals surface area contributed by atoms with Gasteiger partial charge in [-0.15, -0.1) is 0 Å². The van der Waals surface area contributed by atoms with Gasteiger partial charge in [-0.3, -0.25) is 0 Å². The molecule has 2 heteroatoms. The molecule has 0 bridgehead atoms. The highest BCUT2D eigenvalue weighted by Crippen LogP contribution is 2.27. The topological polar surface area (TPSA) is 52.0 Å². The number of rotatable bonds is 8. The van der Waals surface area contributed by atoms with Crippen LogP contribution in [0, 0.1) is 0 Å². The second-order valence-corrected chi connectivity index (χ2v) is 5.99. The SMILES string of the molecule is CCCCCCCCCc1cc2c(N)cccc2cc1N. The molecule has 4 N–H and O–H groups in total. The number of aryl methyl sites for hydroxylation is 1. The summed E-state index contributed by atoms with van der Waals surface area (Å²) in [5.41, 5.74) is 15.2. The van der Waals surface area contributed by atoms with E-state index in [0.717, 1.165) is 28.6 Å². The molecule has 2 rings (SSSR count). The average molecular weight is 284 g/mol. The van der Waals surface area contributed by atoms with E-state index in [1.807, 2.05) is 12.1 Å². The third kappa shape index (κ3) is 4.38. The lowest BCUT2D eigenvalue weighted by molar-refractivity contribution is 0.589. The van der Waals surface area contributed by atoms with Gasteiger partial charge < -0.3 is 11.5 Å². The molecular weight excluding hydrogens is 256 g/mol. The third-order valence-electron chi connectivity index (χ3n) is 4.22. The molecule has 0 fully saturated rings. The summed E-state index contributed by atoms with van der Waals surface area (Å²) in [7, 11) is 0. The van der Waals surface area contributed by atoms with Gasteiger partial charge in [0, 0.05) is 16.8 Å². The van der Waals surface area contributed by atoms with Crippen LogP contribution in [0.15, 0.2) is 30.3 Å². The predicted octanol–water partition coefficient (Wildman–Crippen LogP) is 5.30. The summed E-state index contributed by atoms with van der Waals surface area (Å²) in [5.74, 6) is 0. The molecule has 0 aromatic heterocycles. The van der Waals surface area contributed by atoms with Crippen LogP contribution in [0.3, 0.4) is 0 Å². The minimum Gasteiger partial charge on any atom is -0.398 e. The molecule has 0 heterocycles. The van der Waals surface area contributed by atoms with Gasteiger partial charge in [0.05, 0.1) is 0 Å². The molecule has 114 valence electrons. The average Bonchev–Trinajstić information content (AvgIpc) is 2.47. The fourth-order valence-electron chi connectivity index (χ4n) is 2.90. The van der Waals surface area contributed by atoms with Crippen molar-refractivity contribution in [3.8, 4) is 0 Å². The smallest absolute Gasteiger partial charge is 0.0393 e. The molecule has 2 aromatic carbocycles. The highest BCUT2D eigenvalue weighted by Gasteiger charge is 2.04. The maximum atomic E-state index is 6.18. The molecule has 21 heavy (non-hydrogen) atoms. The summed E-state index contributed by atoms with van der Waals surface area (Å²) in [6.07, 6.45) is 10.4. The van der Waals surface area contributed by atoms with E-state index in [0.29, 0.717) is 0 Å². The monoisotopic (exact) mass is 284 g/mol. The fraction of sp³-hybridized carbons (Fsp3) is 0.474. The van der Waals surface area contributed by atoms with Crippen LogP contribution in [-0.2, 0) is 6.42 Å². The molecule has 0 radical (unpaired) electrons. The molecule has 2 aromatic rings. The zero-order valence-electron chi connectivity index (χ0n) is 13.2. The van der Waals surface area contributed by atoms with Crippen molar-refractivity contribution in [1.82, 2.24) is 0 Å². The molecule has 0 aliphatic carbocycles. The van der Waals surface area contributed by atoms with Gasteiger partial charge in [0.1, 0.15) is 0 Å². The van der Waals surface area contributed by atoms with Crippen molar-refractivity contribution in [3.05, 3.63) is 35.9 Å². The zero-order chi connectivity index (χ0) is 15.1. The third-order valence-corrected chi connectivity index (χ3v) is 4.22. The maximum Gasteiger partial charge on any atom is 0.0393 e. The fourth-order valence-corrected chi connectivity index (χ4v) is 2.90. The molecule has 0 amide bonds. The van der Waals surface area contributed by atoms with Gasteiger partial charge >= 0.3 is 0 Å². The predicted molar refractivity (Wildman–Crippen MR) is 94.5 cm³/mol. The van der Waals surface area contributed by atoms with E-state index in [1.165, 1.54) is 50.5 Å². The zero-order valence-corrected chi connectivity index (χ0v) is 13.2. The van der Waals surface area contributed by atoms with Crippen molar-refractivity contribution in [3.63, 3.8) is 0 Å². The second kappa shape index (κ2) is 7.92. The van der Waals surface area contributed by atoms with Crippen LogP contribution in [0.4, 0.5) is 11.4 Å². The number of anilines is 2. The van der Waals surface area contributed by atoms with Crippen molar-refractivity contribution in [2.45, 2.75) is 58.3 Å². The lowest BCUT2D eigenvalue weighted by Crippen LogP contribution is -1.97. The highest BCUT2D eigenvalue weighted by molar-refractivity contribution is 5.95. The van der Waals surface area contributed by atoms with Crippen LogP contribution in [0.5, 0.6) is 0 Å². The molecule has 0 saturated heterocycles. The summed E-state index contributed by atoms with van der Waals surface area (Å²) in [4.78, 5) is 0. The molecule has 0 unspecified atom stereocenters. The summed E-state index contributed by atoms with van der Waals surface area (Å²) in [6.45, 7) is 2.26. The van der Waals surface area contributed by atoms with Crippen LogP contribution < -0.4 is 11.5 Å². The maximum absolute atomic E-state index is 6.18. The standard InChI is InChI=1S/C19H28N2/c1-2-3-4-5-6-7-8-10-16-13-17-15(14-19(16)21)11-9-12-18(17)20/h9,11-14H,2-8,10,20-21H2,1H3. The Bertz CT molecular complexity index is 575. The molecule has 2 nitrogen and oxygen atoms in total. The number of unbranched alkanes of at least 4 members (excludes halogenated alkanes) is 6. The van der Waals surface area contributed by atoms with Gasteiger partial charge in [0.15, 0.2) is 0 Å².